The lowest BCUT2D eigenvalue weighted by atomic mass is 9.97. The van der Waals surface area contributed by atoms with Gasteiger partial charge >= 0.3 is 0 Å². The van der Waals surface area contributed by atoms with Crippen LogP contribution >= 0.6 is 0 Å². The number of hydrogen-bond acceptors (Lipinski definition) is 5. The maximum absolute atomic E-state index is 13.1. The number of nitrogens with zero attached hydrogens (tertiary/aromatic N) is 4. The summed E-state index contributed by atoms with van der Waals surface area (Å²) in [5.74, 6) is 0.416. The summed E-state index contributed by atoms with van der Waals surface area (Å²) in [7, 11) is 0. The molecule has 4 rings (SSSR count). The number of hydrogen-bond donors (Lipinski definition) is 1. The Kier molecular flexibility index (Phi) is 5.74. The molecule has 1 aliphatic rings. The number of halogens is 1. The monoisotopic (exact) mass is 391 g/mol. The van der Waals surface area contributed by atoms with E-state index in [0.29, 0.717) is 18.8 Å². The van der Waals surface area contributed by atoms with E-state index in [1.54, 1.807) is 18.3 Å². The van der Waals surface area contributed by atoms with E-state index < -0.39 is 0 Å². The molecular weight excluding hydrogens is 369 g/mol. The molecule has 148 valence electrons. The summed E-state index contributed by atoms with van der Waals surface area (Å²) in [5.41, 5.74) is 2.35. The van der Waals surface area contributed by atoms with Gasteiger partial charge in [0.2, 0.25) is 5.91 Å². The smallest absolute Gasteiger partial charge is 0.225 e. The van der Waals surface area contributed by atoms with E-state index in [1.165, 1.54) is 12.1 Å². The Labute approximate surface area is 168 Å². The zero-order chi connectivity index (χ0) is 20.1. The summed E-state index contributed by atoms with van der Waals surface area (Å²) < 4.78 is 13.1. The molecular formula is C22H22FN5O. The number of rotatable bonds is 5. The first-order chi connectivity index (χ1) is 14.2. The van der Waals surface area contributed by atoms with Crippen molar-refractivity contribution < 1.29 is 9.18 Å². The Hall–Kier alpha value is -3.35. The van der Waals surface area contributed by atoms with E-state index in [4.69, 9.17) is 0 Å². The molecule has 0 spiro atoms. The van der Waals surface area contributed by atoms with Gasteiger partial charge in [-0.25, -0.2) is 4.39 Å². The normalized spacial score (nSPS) is 16.4. The summed E-state index contributed by atoms with van der Waals surface area (Å²) in [6.07, 6.45) is 3.49. The second kappa shape index (κ2) is 8.77. The van der Waals surface area contributed by atoms with Gasteiger partial charge in [0, 0.05) is 24.8 Å². The Morgan fingerprint density at radius 1 is 1.10 bits per heavy atom. The molecule has 3 heterocycles. The molecule has 0 aliphatic carbocycles. The number of pyridine rings is 1. The highest BCUT2D eigenvalue weighted by molar-refractivity contribution is 5.79. The van der Waals surface area contributed by atoms with Gasteiger partial charge in [-0.3, -0.25) is 9.78 Å². The minimum absolute atomic E-state index is 0.0382. The predicted molar refractivity (Wildman–Crippen MR) is 108 cm³/mol. The fourth-order valence-electron chi connectivity index (χ4n) is 3.49. The number of anilines is 1. The molecule has 1 atom stereocenters. The molecule has 0 unspecified atom stereocenters. The van der Waals surface area contributed by atoms with Gasteiger partial charge in [-0.15, -0.1) is 10.2 Å². The molecule has 1 fully saturated rings. The topological polar surface area (TPSA) is 71.0 Å². The van der Waals surface area contributed by atoms with Gasteiger partial charge in [0.05, 0.1) is 23.9 Å². The average Bonchev–Trinajstić information content (AvgIpc) is 2.79. The number of aromatic nitrogens is 3. The van der Waals surface area contributed by atoms with Crippen molar-refractivity contribution in [3.63, 3.8) is 0 Å². The number of piperidine rings is 1. The van der Waals surface area contributed by atoms with Gasteiger partial charge in [-0.05, 0) is 61.4 Å². The van der Waals surface area contributed by atoms with Crippen LogP contribution in [0.15, 0.2) is 60.8 Å². The molecule has 6 nitrogen and oxygen atoms in total. The molecule has 0 saturated carbocycles. The molecule has 7 heteroatoms. The van der Waals surface area contributed by atoms with E-state index in [9.17, 15) is 9.18 Å². The largest absolute Gasteiger partial charge is 0.354 e. The van der Waals surface area contributed by atoms with Crippen LogP contribution in [-0.4, -0.2) is 34.2 Å². The van der Waals surface area contributed by atoms with Gasteiger partial charge < -0.3 is 10.2 Å². The summed E-state index contributed by atoms with van der Waals surface area (Å²) >= 11 is 0. The number of nitrogens with one attached hydrogen (secondary N) is 1. The molecule has 2 aromatic heterocycles. The molecule has 1 N–H and O–H groups in total. The molecule has 1 aliphatic heterocycles. The standard InChI is InChI=1S/C22H22FN5O/c23-18-8-6-16(7-9-18)20-10-11-21(27-26-20)28-13-3-4-17(15-28)22(29)25-14-19-5-1-2-12-24-19/h1-2,5-12,17H,3-4,13-15H2,(H,25,29)/t17-/m0/s1. The minimum atomic E-state index is -0.279. The lowest BCUT2D eigenvalue weighted by Crippen LogP contribution is -2.43. The van der Waals surface area contributed by atoms with E-state index in [2.05, 4.69) is 25.4 Å². The maximum atomic E-state index is 13.1. The van der Waals surface area contributed by atoms with Crippen LogP contribution in [0.25, 0.3) is 11.3 Å². The second-order valence-corrected chi connectivity index (χ2v) is 7.11. The highest BCUT2D eigenvalue weighted by Crippen LogP contribution is 2.23. The Balaban J connectivity index is 1.37. The lowest BCUT2D eigenvalue weighted by molar-refractivity contribution is -0.125. The van der Waals surface area contributed by atoms with Gasteiger partial charge in [-0.1, -0.05) is 6.07 Å². The fraction of sp³-hybridized carbons (Fsp3) is 0.273. The summed E-state index contributed by atoms with van der Waals surface area (Å²) in [5, 5.41) is 11.6. The maximum Gasteiger partial charge on any atom is 0.225 e. The number of amides is 1. The van der Waals surface area contributed by atoms with Crippen LogP contribution in [0, 0.1) is 11.7 Å². The van der Waals surface area contributed by atoms with Crippen molar-refractivity contribution in [3.05, 3.63) is 72.3 Å². The van der Waals surface area contributed by atoms with Gasteiger partial charge in [0.15, 0.2) is 5.82 Å². The first-order valence-electron chi connectivity index (χ1n) is 9.71. The zero-order valence-electron chi connectivity index (χ0n) is 16.0. The third-order valence-corrected chi connectivity index (χ3v) is 5.08. The van der Waals surface area contributed by atoms with Crippen molar-refractivity contribution in [1.29, 1.82) is 0 Å². The van der Waals surface area contributed by atoms with Crippen molar-refractivity contribution in [2.24, 2.45) is 5.92 Å². The molecule has 1 aromatic carbocycles. The van der Waals surface area contributed by atoms with Gasteiger partial charge in [0.1, 0.15) is 5.82 Å². The van der Waals surface area contributed by atoms with E-state index in [-0.39, 0.29) is 17.6 Å². The van der Waals surface area contributed by atoms with E-state index in [0.717, 1.165) is 36.5 Å². The highest BCUT2D eigenvalue weighted by Gasteiger charge is 2.26. The van der Waals surface area contributed by atoms with Crippen LogP contribution in [0.5, 0.6) is 0 Å². The van der Waals surface area contributed by atoms with Crippen molar-refractivity contribution in [2.45, 2.75) is 19.4 Å². The number of benzene rings is 1. The lowest BCUT2D eigenvalue weighted by Gasteiger charge is -2.32. The van der Waals surface area contributed by atoms with Crippen molar-refractivity contribution in [1.82, 2.24) is 20.5 Å². The highest BCUT2D eigenvalue weighted by atomic mass is 19.1. The molecule has 0 bridgehead atoms. The Morgan fingerprint density at radius 3 is 2.69 bits per heavy atom. The van der Waals surface area contributed by atoms with E-state index in [1.807, 2.05) is 30.3 Å². The number of carbonyl (C=O) groups is 1. The molecule has 3 aromatic rings. The van der Waals surface area contributed by atoms with Crippen molar-refractivity contribution in [2.75, 3.05) is 18.0 Å². The quantitative estimate of drug-likeness (QED) is 0.723. The van der Waals surface area contributed by atoms with Crippen LogP contribution < -0.4 is 10.2 Å². The first-order valence-corrected chi connectivity index (χ1v) is 9.71. The zero-order valence-corrected chi connectivity index (χ0v) is 16.0. The van der Waals surface area contributed by atoms with Crippen LogP contribution in [0.1, 0.15) is 18.5 Å². The second-order valence-electron chi connectivity index (χ2n) is 7.11. The summed E-state index contributed by atoms with van der Waals surface area (Å²) in [6.45, 7) is 1.88. The Morgan fingerprint density at radius 2 is 1.97 bits per heavy atom. The van der Waals surface area contributed by atoms with E-state index >= 15 is 0 Å². The SMILES string of the molecule is O=C(NCc1ccccn1)[C@H]1CCCN(c2ccc(-c3ccc(F)cc3)nn2)C1. The first kappa shape index (κ1) is 19.0. The summed E-state index contributed by atoms with van der Waals surface area (Å²) in [4.78, 5) is 18.9. The molecule has 29 heavy (non-hydrogen) atoms. The van der Waals surface area contributed by atoms with Crippen LogP contribution in [0.3, 0.4) is 0 Å². The van der Waals surface area contributed by atoms with Crippen molar-refractivity contribution >= 4 is 11.7 Å². The third-order valence-electron chi connectivity index (χ3n) is 5.08. The van der Waals surface area contributed by atoms with Crippen LogP contribution in [0.4, 0.5) is 10.2 Å². The molecule has 1 amide bonds. The fourth-order valence-corrected chi connectivity index (χ4v) is 3.49. The summed E-state index contributed by atoms with van der Waals surface area (Å²) in [6, 6.07) is 15.6. The van der Waals surface area contributed by atoms with Crippen LogP contribution in [-0.2, 0) is 11.3 Å². The van der Waals surface area contributed by atoms with Crippen LogP contribution in [0.2, 0.25) is 0 Å². The van der Waals surface area contributed by atoms with Gasteiger partial charge in [0.25, 0.3) is 0 Å². The van der Waals surface area contributed by atoms with Gasteiger partial charge in [-0.2, -0.15) is 0 Å². The van der Waals surface area contributed by atoms with Crippen molar-refractivity contribution in [3.8, 4) is 11.3 Å². The Bertz CT molecular complexity index is 947. The minimum Gasteiger partial charge on any atom is -0.354 e. The molecule has 1 saturated heterocycles. The average molecular weight is 391 g/mol. The number of carbonyl (C=O) groups excluding carboxylic acids is 1. The predicted octanol–water partition coefficient (Wildman–Crippen LogP) is 3.21. The third kappa shape index (κ3) is 4.74. The molecule has 0 radical (unpaired) electrons.